The van der Waals surface area contributed by atoms with Gasteiger partial charge in [0.15, 0.2) is 0 Å². The lowest BCUT2D eigenvalue weighted by Gasteiger charge is -2.03. The minimum atomic E-state index is 1.11. The zero-order valence-electron chi connectivity index (χ0n) is 8.46. The molecule has 0 saturated carbocycles. The van der Waals surface area contributed by atoms with Gasteiger partial charge in [0.05, 0.1) is 0 Å². The van der Waals surface area contributed by atoms with Crippen LogP contribution < -0.4 is 0 Å². The Balaban J connectivity index is 2.48. The third kappa shape index (κ3) is 1.69. The summed E-state index contributed by atoms with van der Waals surface area (Å²) in [5.74, 6) is 0. The molecule has 0 heterocycles. The molecule has 0 bridgehead atoms. The zero-order chi connectivity index (χ0) is 9.97. The highest BCUT2D eigenvalue weighted by atomic mass is 14.0. The largest absolute Gasteiger partial charge is 0.0616 e. The predicted octanol–water partition coefficient (Wildman–Crippen LogP) is 3.57. The van der Waals surface area contributed by atoms with E-state index >= 15 is 0 Å². The highest BCUT2D eigenvalue weighted by Gasteiger charge is 1.99. The lowest BCUT2D eigenvalue weighted by atomic mass is 10.0. The molecule has 0 saturated heterocycles. The van der Waals surface area contributed by atoms with Crippen molar-refractivity contribution in [2.75, 3.05) is 0 Å². The molecule has 14 heavy (non-hydrogen) atoms. The molecule has 0 heteroatoms. The van der Waals surface area contributed by atoms with Gasteiger partial charge in [0.25, 0.3) is 0 Å². The Morgan fingerprint density at radius 2 is 1.79 bits per heavy atom. The van der Waals surface area contributed by atoms with Gasteiger partial charge in [-0.3, -0.25) is 0 Å². The first kappa shape index (κ1) is 9.01. The summed E-state index contributed by atoms with van der Waals surface area (Å²) in [5.41, 5.74) is 4.72. The molecule has 2 radical (unpaired) electrons. The maximum atomic E-state index is 3.36. The SMILES string of the molecule is Cc1[c]c(-c2[c]cccc2)ccc1C. The summed E-state index contributed by atoms with van der Waals surface area (Å²) in [4.78, 5) is 0. The fourth-order valence-corrected chi connectivity index (χ4v) is 1.39. The number of hydrogen-bond acceptors (Lipinski definition) is 0. The molecule has 0 atom stereocenters. The minimum absolute atomic E-state index is 1.11. The van der Waals surface area contributed by atoms with Gasteiger partial charge in [0, 0.05) is 0 Å². The van der Waals surface area contributed by atoms with Crippen LogP contribution in [-0.4, -0.2) is 0 Å². The summed E-state index contributed by atoms with van der Waals surface area (Å²) in [5, 5.41) is 0. The van der Waals surface area contributed by atoms with E-state index in [1.165, 1.54) is 11.1 Å². The van der Waals surface area contributed by atoms with E-state index in [2.05, 4.69) is 44.2 Å². The second-order valence-electron chi connectivity index (χ2n) is 3.46. The smallest absolute Gasteiger partial charge is 0.00643 e. The molecule has 0 amide bonds. The Kier molecular flexibility index (Phi) is 2.36. The van der Waals surface area contributed by atoms with Crippen molar-refractivity contribution in [2.45, 2.75) is 13.8 Å². The molecule has 0 unspecified atom stereocenters. The Morgan fingerprint density at radius 3 is 2.43 bits per heavy atom. The van der Waals surface area contributed by atoms with Crippen LogP contribution in [0.4, 0.5) is 0 Å². The number of aryl methyl sites for hydroxylation is 2. The van der Waals surface area contributed by atoms with Gasteiger partial charge in [-0.25, -0.2) is 0 Å². The topological polar surface area (TPSA) is 0 Å². The molecule has 0 N–H and O–H groups in total. The fraction of sp³-hybridized carbons (Fsp3) is 0.143. The average molecular weight is 180 g/mol. The highest BCUT2D eigenvalue weighted by Crippen LogP contribution is 2.20. The molecule has 2 aromatic carbocycles. The molecule has 0 nitrogen and oxygen atoms in total. The molecule has 0 spiro atoms. The molecular formula is C14H12. The normalized spacial score (nSPS) is 10.1. The van der Waals surface area contributed by atoms with Gasteiger partial charge in [-0.05, 0) is 48.2 Å². The third-order valence-corrected chi connectivity index (χ3v) is 2.41. The Bertz CT molecular complexity index is 427. The summed E-state index contributed by atoms with van der Waals surface area (Å²) in [6.45, 7) is 4.19. The van der Waals surface area contributed by atoms with Crippen LogP contribution in [0.5, 0.6) is 0 Å². The molecule has 0 aliphatic carbocycles. The fourth-order valence-electron chi connectivity index (χ4n) is 1.39. The van der Waals surface area contributed by atoms with Crippen molar-refractivity contribution in [3.05, 3.63) is 59.7 Å². The first-order valence-electron chi connectivity index (χ1n) is 4.74. The molecule has 0 aliphatic rings. The third-order valence-electron chi connectivity index (χ3n) is 2.41. The molecule has 0 aliphatic heterocycles. The van der Waals surface area contributed by atoms with Crippen molar-refractivity contribution in [1.29, 1.82) is 0 Å². The van der Waals surface area contributed by atoms with Gasteiger partial charge < -0.3 is 0 Å². The minimum Gasteiger partial charge on any atom is -0.0616 e. The summed E-state index contributed by atoms with van der Waals surface area (Å²) < 4.78 is 0. The molecule has 0 aromatic heterocycles. The van der Waals surface area contributed by atoms with Crippen molar-refractivity contribution >= 4 is 0 Å². The molecule has 2 rings (SSSR count). The zero-order valence-corrected chi connectivity index (χ0v) is 8.46. The van der Waals surface area contributed by atoms with E-state index in [9.17, 15) is 0 Å². The van der Waals surface area contributed by atoms with Gasteiger partial charge >= 0.3 is 0 Å². The predicted molar refractivity (Wildman–Crippen MR) is 59.0 cm³/mol. The Hall–Kier alpha value is -1.56. The second kappa shape index (κ2) is 3.67. The summed E-state index contributed by atoms with van der Waals surface area (Å²) >= 11 is 0. The second-order valence-corrected chi connectivity index (χ2v) is 3.46. The van der Waals surface area contributed by atoms with Crippen LogP contribution in [0.25, 0.3) is 11.1 Å². The molecular weight excluding hydrogens is 168 g/mol. The van der Waals surface area contributed by atoms with Gasteiger partial charge in [-0.2, -0.15) is 0 Å². The van der Waals surface area contributed by atoms with Crippen LogP contribution in [0.3, 0.4) is 0 Å². The van der Waals surface area contributed by atoms with Crippen LogP contribution >= 0.6 is 0 Å². The standard InChI is InChI=1S/C14H12/c1-11-8-9-14(10-12(11)2)13-6-4-3-5-7-13/h3-6,8-9H,1-2H3. The van der Waals surface area contributed by atoms with E-state index in [1.807, 2.05) is 18.2 Å². The van der Waals surface area contributed by atoms with Crippen LogP contribution in [-0.2, 0) is 0 Å². The summed E-state index contributed by atoms with van der Waals surface area (Å²) in [6.07, 6.45) is 0. The van der Waals surface area contributed by atoms with Crippen molar-refractivity contribution in [3.63, 3.8) is 0 Å². The van der Waals surface area contributed by atoms with Gasteiger partial charge in [0.2, 0.25) is 0 Å². The van der Waals surface area contributed by atoms with E-state index in [0.717, 1.165) is 11.1 Å². The van der Waals surface area contributed by atoms with E-state index < -0.39 is 0 Å². The van der Waals surface area contributed by atoms with Gasteiger partial charge in [0.1, 0.15) is 0 Å². The number of hydrogen-bond donors (Lipinski definition) is 0. The first-order valence-corrected chi connectivity index (χ1v) is 4.74. The van der Waals surface area contributed by atoms with Crippen LogP contribution in [0.2, 0.25) is 0 Å². The monoisotopic (exact) mass is 180 g/mol. The van der Waals surface area contributed by atoms with Crippen molar-refractivity contribution in [2.24, 2.45) is 0 Å². The van der Waals surface area contributed by atoms with E-state index in [0.29, 0.717) is 0 Å². The van der Waals surface area contributed by atoms with Crippen LogP contribution in [0, 0.1) is 26.0 Å². The molecule has 2 aromatic rings. The summed E-state index contributed by atoms with van der Waals surface area (Å²) in [6, 6.07) is 18.8. The van der Waals surface area contributed by atoms with Crippen molar-refractivity contribution in [1.82, 2.24) is 0 Å². The first-order chi connectivity index (χ1) is 6.77. The van der Waals surface area contributed by atoms with Gasteiger partial charge in [-0.15, -0.1) is 0 Å². The lowest BCUT2D eigenvalue weighted by Crippen LogP contribution is -1.83. The highest BCUT2D eigenvalue weighted by molar-refractivity contribution is 5.63. The van der Waals surface area contributed by atoms with E-state index in [-0.39, 0.29) is 0 Å². The maximum Gasteiger partial charge on any atom is -0.00643 e. The average Bonchev–Trinajstić information content (AvgIpc) is 2.23. The van der Waals surface area contributed by atoms with Crippen molar-refractivity contribution in [3.8, 4) is 11.1 Å². The maximum absolute atomic E-state index is 3.36. The van der Waals surface area contributed by atoms with E-state index in [1.54, 1.807) is 0 Å². The number of rotatable bonds is 1. The molecule has 68 valence electrons. The summed E-state index contributed by atoms with van der Waals surface area (Å²) in [7, 11) is 0. The quantitative estimate of drug-likeness (QED) is 0.629. The number of benzene rings is 2. The van der Waals surface area contributed by atoms with Crippen LogP contribution in [0.15, 0.2) is 36.4 Å². The van der Waals surface area contributed by atoms with Gasteiger partial charge in [-0.1, -0.05) is 36.4 Å². The lowest BCUT2D eigenvalue weighted by molar-refractivity contribution is 1.33. The van der Waals surface area contributed by atoms with E-state index in [4.69, 9.17) is 0 Å². The Labute approximate surface area is 85.2 Å². The molecule has 0 fully saturated rings. The van der Waals surface area contributed by atoms with Crippen LogP contribution in [0.1, 0.15) is 11.1 Å². The Morgan fingerprint density at radius 1 is 0.929 bits per heavy atom. The van der Waals surface area contributed by atoms with Crippen molar-refractivity contribution < 1.29 is 0 Å².